The molecule has 0 aromatic carbocycles. The van der Waals surface area contributed by atoms with Gasteiger partial charge >= 0.3 is 10.2 Å². The van der Waals surface area contributed by atoms with E-state index in [1.807, 2.05) is 0 Å². The quantitative estimate of drug-likeness (QED) is 0.779. The Morgan fingerprint density at radius 3 is 2.35 bits per heavy atom. The van der Waals surface area contributed by atoms with Gasteiger partial charge in [-0.3, -0.25) is 0 Å². The average Bonchev–Trinajstić information content (AvgIpc) is 2.73. The Kier molecular flexibility index (Phi) is 4.85. The molecule has 1 aromatic rings. The monoisotopic (exact) mass is 319 g/mol. The molecule has 1 heterocycles. The van der Waals surface area contributed by atoms with E-state index >= 15 is 0 Å². The molecule has 0 N–H and O–H groups in total. The summed E-state index contributed by atoms with van der Waals surface area (Å²) in [6.07, 6.45) is 2.84. The number of aromatic nitrogens is 2. The molecule has 0 aliphatic carbocycles. The van der Waals surface area contributed by atoms with Crippen LogP contribution >= 0.6 is 0 Å². The molecule has 0 saturated carbocycles. The smallest absolute Gasteiger partial charge is 0.308 e. The summed E-state index contributed by atoms with van der Waals surface area (Å²) in [6.45, 7) is 11.0. The number of nitrogens with zero attached hydrogens (tertiary/aromatic N) is 3. The Bertz CT molecular complexity index is 559. The average molecular weight is 320 g/mol. The standard InChI is InChI=1S/C12H25N3O3SSi/c1-12(2,3)20(6,7)18-9-11-8-13-10-15(11)19(16,17)14(4)5/h8,10H,9H2,1-7H3. The van der Waals surface area contributed by atoms with Gasteiger partial charge in [-0.15, -0.1) is 0 Å². The van der Waals surface area contributed by atoms with Gasteiger partial charge in [-0.05, 0) is 18.1 Å². The molecule has 0 radical (unpaired) electrons. The highest BCUT2D eigenvalue weighted by Crippen LogP contribution is 2.37. The van der Waals surface area contributed by atoms with Gasteiger partial charge in [-0.1, -0.05) is 20.8 Å². The van der Waals surface area contributed by atoms with Crippen molar-refractivity contribution in [1.82, 2.24) is 13.3 Å². The molecular weight excluding hydrogens is 294 g/mol. The molecule has 20 heavy (non-hydrogen) atoms. The van der Waals surface area contributed by atoms with E-state index < -0.39 is 18.5 Å². The number of hydrogen-bond acceptors (Lipinski definition) is 4. The molecule has 116 valence electrons. The number of imidazole rings is 1. The van der Waals surface area contributed by atoms with Crippen LogP contribution in [0.1, 0.15) is 26.5 Å². The normalized spacial score (nSPS) is 14.0. The van der Waals surface area contributed by atoms with E-state index in [1.165, 1.54) is 30.6 Å². The fourth-order valence-electron chi connectivity index (χ4n) is 1.27. The first-order valence-corrected chi connectivity index (χ1v) is 10.8. The molecular formula is C12H25N3O3SSi. The van der Waals surface area contributed by atoms with Crippen LogP contribution in [0.2, 0.25) is 18.1 Å². The van der Waals surface area contributed by atoms with Crippen LogP contribution in [0.3, 0.4) is 0 Å². The van der Waals surface area contributed by atoms with Gasteiger partial charge in [0.15, 0.2) is 8.32 Å². The fourth-order valence-corrected chi connectivity index (χ4v) is 3.13. The van der Waals surface area contributed by atoms with Crippen LogP contribution in [0.5, 0.6) is 0 Å². The second kappa shape index (κ2) is 5.59. The molecule has 0 aliphatic rings. The Morgan fingerprint density at radius 2 is 1.90 bits per heavy atom. The van der Waals surface area contributed by atoms with Crippen LogP contribution in [0.15, 0.2) is 12.5 Å². The maximum atomic E-state index is 12.1. The van der Waals surface area contributed by atoms with Crippen molar-refractivity contribution in [3.8, 4) is 0 Å². The van der Waals surface area contributed by atoms with Gasteiger partial charge in [-0.25, -0.2) is 8.96 Å². The van der Waals surface area contributed by atoms with Crippen LogP contribution in [-0.4, -0.2) is 44.1 Å². The highest BCUT2D eigenvalue weighted by Gasteiger charge is 2.37. The molecule has 0 spiro atoms. The van der Waals surface area contributed by atoms with E-state index in [9.17, 15) is 8.42 Å². The Morgan fingerprint density at radius 1 is 1.35 bits per heavy atom. The topological polar surface area (TPSA) is 64.4 Å². The summed E-state index contributed by atoms with van der Waals surface area (Å²) in [5.74, 6) is 0. The van der Waals surface area contributed by atoms with E-state index in [-0.39, 0.29) is 11.6 Å². The molecule has 6 nitrogen and oxygen atoms in total. The number of hydrogen-bond donors (Lipinski definition) is 0. The zero-order chi connectivity index (χ0) is 15.8. The summed E-state index contributed by atoms with van der Waals surface area (Å²) in [6, 6.07) is 0. The molecule has 0 saturated heterocycles. The summed E-state index contributed by atoms with van der Waals surface area (Å²) in [4.78, 5) is 3.93. The molecule has 8 heteroatoms. The minimum Gasteiger partial charge on any atom is -0.411 e. The van der Waals surface area contributed by atoms with Gasteiger partial charge in [0.25, 0.3) is 0 Å². The zero-order valence-corrected chi connectivity index (χ0v) is 15.2. The van der Waals surface area contributed by atoms with E-state index in [2.05, 4.69) is 38.8 Å². The van der Waals surface area contributed by atoms with Crippen LogP contribution in [-0.2, 0) is 21.2 Å². The van der Waals surface area contributed by atoms with E-state index in [0.717, 1.165) is 4.31 Å². The second-order valence-corrected chi connectivity index (χ2v) is 13.3. The van der Waals surface area contributed by atoms with Crippen molar-refractivity contribution in [3.05, 3.63) is 18.2 Å². The van der Waals surface area contributed by atoms with E-state index in [1.54, 1.807) is 0 Å². The molecule has 1 aromatic heterocycles. The third-order valence-electron chi connectivity index (χ3n) is 3.78. The van der Waals surface area contributed by atoms with E-state index in [0.29, 0.717) is 5.69 Å². The molecule has 1 rings (SSSR count). The minimum atomic E-state index is -3.54. The third kappa shape index (κ3) is 3.49. The SMILES string of the molecule is CN(C)S(=O)(=O)n1cncc1CO[Si](C)(C)C(C)(C)C. The van der Waals surface area contributed by atoms with Crippen molar-refractivity contribution < 1.29 is 12.8 Å². The van der Waals surface area contributed by atoms with Gasteiger partial charge < -0.3 is 4.43 Å². The second-order valence-electron chi connectivity index (χ2n) is 6.52. The van der Waals surface area contributed by atoms with Crippen LogP contribution in [0.25, 0.3) is 0 Å². The van der Waals surface area contributed by atoms with Crippen molar-refractivity contribution in [2.45, 2.75) is 45.5 Å². The van der Waals surface area contributed by atoms with Gasteiger partial charge in [0.1, 0.15) is 6.33 Å². The van der Waals surface area contributed by atoms with Crippen molar-refractivity contribution in [2.75, 3.05) is 14.1 Å². The van der Waals surface area contributed by atoms with Crippen molar-refractivity contribution in [3.63, 3.8) is 0 Å². The van der Waals surface area contributed by atoms with Crippen LogP contribution < -0.4 is 0 Å². The van der Waals surface area contributed by atoms with Crippen LogP contribution in [0.4, 0.5) is 0 Å². The lowest BCUT2D eigenvalue weighted by atomic mass is 10.2. The number of rotatable bonds is 5. The predicted molar refractivity (Wildman–Crippen MR) is 82.2 cm³/mol. The molecule has 0 aliphatic heterocycles. The molecule has 0 bridgehead atoms. The minimum absolute atomic E-state index is 0.0816. The van der Waals surface area contributed by atoms with Crippen molar-refractivity contribution in [2.24, 2.45) is 0 Å². The Balaban J connectivity index is 2.96. The molecule has 0 fully saturated rings. The first kappa shape index (κ1) is 17.3. The zero-order valence-electron chi connectivity index (χ0n) is 13.3. The van der Waals surface area contributed by atoms with Gasteiger partial charge in [0.2, 0.25) is 0 Å². The van der Waals surface area contributed by atoms with E-state index in [4.69, 9.17) is 4.43 Å². The highest BCUT2D eigenvalue weighted by molar-refractivity contribution is 7.87. The van der Waals surface area contributed by atoms with Crippen LogP contribution in [0, 0.1) is 0 Å². The highest BCUT2D eigenvalue weighted by atomic mass is 32.2. The largest absolute Gasteiger partial charge is 0.411 e. The Labute approximate surface area is 123 Å². The first-order chi connectivity index (χ1) is 8.89. The molecule has 0 atom stereocenters. The third-order valence-corrected chi connectivity index (χ3v) is 10.0. The van der Waals surface area contributed by atoms with Gasteiger partial charge in [-0.2, -0.15) is 12.7 Å². The summed E-state index contributed by atoms with van der Waals surface area (Å²) >= 11 is 0. The summed E-state index contributed by atoms with van der Waals surface area (Å²) in [5.41, 5.74) is 0.545. The lowest BCUT2D eigenvalue weighted by Crippen LogP contribution is -2.41. The molecule has 0 amide bonds. The summed E-state index contributed by atoms with van der Waals surface area (Å²) < 4.78 is 32.7. The van der Waals surface area contributed by atoms with Crippen molar-refractivity contribution >= 4 is 18.5 Å². The van der Waals surface area contributed by atoms with Gasteiger partial charge in [0.05, 0.1) is 18.5 Å². The van der Waals surface area contributed by atoms with Gasteiger partial charge in [0, 0.05) is 14.1 Å². The molecule has 0 unspecified atom stereocenters. The predicted octanol–water partition coefficient (Wildman–Crippen LogP) is 2.06. The fraction of sp³-hybridized carbons (Fsp3) is 0.750. The first-order valence-electron chi connectivity index (χ1n) is 6.48. The summed E-state index contributed by atoms with van der Waals surface area (Å²) in [5, 5.41) is 0.0816. The maximum Gasteiger partial charge on any atom is 0.308 e. The lowest BCUT2D eigenvalue weighted by Gasteiger charge is -2.36. The van der Waals surface area contributed by atoms with Crippen molar-refractivity contribution in [1.29, 1.82) is 0 Å². The maximum absolute atomic E-state index is 12.1. The lowest BCUT2D eigenvalue weighted by molar-refractivity contribution is 0.270. The summed E-state index contributed by atoms with van der Waals surface area (Å²) in [7, 11) is -2.48. The Hall–Kier alpha value is -0.703.